The molecular weight excluding hydrogens is 769 g/mol. The average molecular weight is 817 g/mol. The van der Waals surface area contributed by atoms with E-state index in [2.05, 4.69) is 68.6 Å². The lowest BCUT2D eigenvalue weighted by Gasteiger charge is -2.40. The van der Waals surface area contributed by atoms with Gasteiger partial charge in [-0.25, -0.2) is 23.2 Å². The summed E-state index contributed by atoms with van der Waals surface area (Å²) in [4.78, 5) is 14.9. The van der Waals surface area contributed by atoms with Crippen molar-refractivity contribution in [3.05, 3.63) is 149 Å². The van der Waals surface area contributed by atoms with Crippen molar-refractivity contribution >= 4 is 44.2 Å². The van der Waals surface area contributed by atoms with E-state index in [9.17, 15) is 8.78 Å². The van der Waals surface area contributed by atoms with Crippen LogP contribution in [0.2, 0.25) is 0 Å². The van der Waals surface area contributed by atoms with Gasteiger partial charge < -0.3 is 9.47 Å². The molecule has 5 aliphatic rings. The van der Waals surface area contributed by atoms with Crippen molar-refractivity contribution in [1.82, 2.24) is 0 Å². The van der Waals surface area contributed by atoms with Gasteiger partial charge in [-0.3, -0.25) is 4.99 Å². The first-order chi connectivity index (χ1) is 28.1. The van der Waals surface area contributed by atoms with Crippen molar-refractivity contribution < 1.29 is 22.6 Å². The Bertz CT molecular complexity index is 2410. The molecule has 9 rings (SSSR count). The molecule has 8 atom stereocenters. The van der Waals surface area contributed by atoms with E-state index in [-0.39, 0.29) is 28.8 Å². The summed E-state index contributed by atoms with van der Waals surface area (Å²) in [5, 5.41) is 2.12. The molecule has 8 unspecified atom stereocenters. The molecule has 1 fully saturated rings. The molecule has 1 saturated heterocycles. The Balaban J connectivity index is 1.05. The molecule has 58 heavy (non-hydrogen) atoms. The maximum atomic E-state index is 16.6. The summed E-state index contributed by atoms with van der Waals surface area (Å²) in [5.41, 5.74) is 2.72. The van der Waals surface area contributed by atoms with Gasteiger partial charge in [-0.2, -0.15) is 0 Å². The minimum absolute atomic E-state index is 0.0856. The minimum Gasteiger partial charge on any atom is -0.488 e. The Labute approximate surface area is 340 Å². The van der Waals surface area contributed by atoms with Crippen LogP contribution in [0, 0.1) is 29.9 Å². The lowest BCUT2D eigenvalue weighted by Crippen LogP contribution is -2.46. The second-order valence-corrected chi connectivity index (χ2v) is 23.2. The van der Waals surface area contributed by atoms with Gasteiger partial charge >= 0.3 is 0 Å². The first kappa shape index (κ1) is 38.9. The van der Waals surface area contributed by atoms with E-state index >= 15 is 4.39 Å². The fraction of sp³-hybridized carbons (Fsp3) is 0.312. The Morgan fingerprint density at radius 3 is 2.53 bits per heavy atom. The van der Waals surface area contributed by atoms with Gasteiger partial charge in [-0.1, -0.05) is 68.1 Å². The molecule has 0 radical (unpaired) electrons. The number of hydrogen-bond acceptors (Lipinski definition) is 3. The molecule has 0 aromatic heterocycles. The van der Waals surface area contributed by atoms with E-state index in [0.29, 0.717) is 41.8 Å². The van der Waals surface area contributed by atoms with Gasteiger partial charge in [0.2, 0.25) is 0 Å². The number of rotatable bonds is 9. The van der Waals surface area contributed by atoms with Crippen LogP contribution in [0.15, 0.2) is 142 Å². The fourth-order valence-electron chi connectivity index (χ4n) is 9.87. The molecule has 10 heteroatoms. The second kappa shape index (κ2) is 15.5. The molecule has 6 bridgehead atoms. The maximum absolute atomic E-state index is 16.6. The summed E-state index contributed by atoms with van der Waals surface area (Å²) < 4.78 is 58.1. The Kier molecular flexibility index (Phi) is 10.4. The third kappa shape index (κ3) is 6.80. The van der Waals surface area contributed by atoms with Crippen molar-refractivity contribution in [3.63, 3.8) is 0 Å². The topological polar surface area (TPSA) is 55.5 Å². The van der Waals surface area contributed by atoms with Crippen LogP contribution in [0.25, 0.3) is 0 Å². The second-order valence-electron chi connectivity index (χ2n) is 16.3. The molecule has 4 aromatic rings. The molecule has 2 aliphatic heterocycles. The highest BCUT2D eigenvalue weighted by Crippen LogP contribution is 2.69. The summed E-state index contributed by atoms with van der Waals surface area (Å²) in [5.74, 6) is 1.64. The van der Waals surface area contributed by atoms with Gasteiger partial charge in [-0.15, -0.1) is 0 Å². The predicted octanol–water partition coefficient (Wildman–Crippen LogP) is 11.1. The molecular formula is C48H47F3N3O2P2+. The zero-order valence-corrected chi connectivity index (χ0v) is 34.8. The maximum Gasteiger partial charge on any atom is 0.169 e. The van der Waals surface area contributed by atoms with Crippen LogP contribution in [0.5, 0.6) is 17.2 Å². The van der Waals surface area contributed by atoms with E-state index in [1.54, 1.807) is 30.3 Å². The molecule has 0 spiro atoms. The predicted molar refractivity (Wildman–Crippen MR) is 235 cm³/mol. The van der Waals surface area contributed by atoms with Crippen LogP contribution in [-0.4, -0.2) is 60.8 Å². The Hall–Kier alpha value is -4.64. The van der Waals surface area contributed by atoms with Gasteiger partial charge in [0, 0.05) is 28.6 Å². The summed E-state index contributed by atoms with van der Waals surface area (Å²) in [7, 11) is -2.71. The van der Waals surface area contributed by atoms with E-state index < -0.39 is 32.6 Å². The minimum atomic E-state index is -1.71. The lowest BCUT2D eigenvalue weighted by molar-refractivity contribution is 0.118. The van der Waals surface area contributed by atoms with E-state index in [1.807, 2.05) is 30.3 Å². The highest BCUT2D eigenvalue weighted by atomic mass is 31.2. The highest BCUT2D eigenvalue weighted by molar-refractivity contribution is 7.83. The normalized spacial score (nSPS) is 28.1. The van der Waals surface area contributed by atoms with Crippen LogP contribution in [0.4, 0.5) is 13.2 Å². The SMILES string of the molecule is C=NC(=NC(=NCC1=CCC([P+](C)(CC)c2cc(C)ccc2Oc2ccc(F)cc2)CC1)C12C=CC(C1)P1c3cc(F)ccc3OC3C1C=C(F)C32)c1ccccc1. The molecule has 4 aromatic carbocycles. The number of amidine groups is 2. The van der Waals surface area contributed by atoms with Crippen LogP contribution < -0.4 is 20.1 Å². The largest absolute Gasteiger partial charge is 0.488 e. The third-order valence-corrected chi connectivity index (χ3v) is 20.9. The van der Waals surface area contributed by atoms with Crippen molar-refractivity contribution in [1.29, 1.82) is 0 Å². The zero-order chi connectivity index (χ0) is 40.2. The first-order valence-corrected chi connectivity index (χ1v) is 24.1. The number of hydrogen-bond donors (Lipinski definition) is 0. The van der Waals surface area contributed by atoms with Crippen molar-refractivity contribution in [2.45, 2.75) is 62.6 Å². The van der Waals surface area contributed by atoms with Gasteiger partial charge in [-0.05, 0) is 106 Å². The van der Waals surface area contributed by atoms with Crippen LogP contribution in [-0.2, 0) is 0 Å². The van der Waals surface area contributed by atoms with E-state index in [4.69, 9.17) is 19.5 Å². The number of ether oxygens (including phenoxy) is 2. The van der Waals surface area contributed by atoms with Crippen LogP contribution >= 0.6 is 15.2 Å². The molecule has 0 saturated carbocycles. The van der Waals surface area contributed by atoms with Crippen molar-refractivity contribution in [2.75, 3.05) is 19.4 Å². The fourth-order valence-corrected chi connectivity index (χ4v) is 16.9. The van der Waals surface area contributed by atoms with E-state index in [0.717, 1.165) is 42.0 Å². The number of halogens is 3. The first-order valence-electron chi connectivity index (χ1n) is 20.1. The summed E-state index contributed by atoms with van der Waals surface area (Å²) in [6.45, 7) is 11.2. The summed E-state index contributed by atoms with van der Waals surface area (Å²) >= 11 is 0. The molecule has 3 aliphatic carbocycles. The number of nitrogens with zero attached hydrogens (tertiary/aromatic N) is 3. The lowest BCUT2D eigenvalue weighted by atomic mass is 9.71. The number of aryl methyl sites for hydroxylation is 1. The quantitative estimate of drug-likeness (QED) is 0.0731. The number of benzene rings is 4. The van der Waals surface area contributed by atoms with Crippen molar-refractivity contribution in [2.24, 2.45) is 26.3 Å². The van der Waals surface area contributed by atoms with Crippen LogP contribution in [0.3, 0.4) is 0 Å². The van der Waals surface area contributed by atoms with Gasteiger partial charge in [0.15, 0.2) is 11.6 Å². The van der Waals surface area contributed by atoms with Gasteiger partial charge in [0.05, 0.1) is 43.6 Å². The number of aliphatic imine (C=N–C) groups is 3. The number of fused-ring (bicyclic) bond motifs is 6. The Morgan fingerprint density at radius 1 is 1.00 bits per heavy atom. The highest BCUT2D eigenvalue weighted by Gasteiger charge is 2.63. The third-order valence-electron chi connectivity index (χ3n) is 13.0. The summed E-state index contributed by atoms with van der Waals surface area (Å²) in [6.07, 6.45) is 12.4. The average Bonchev–Trinajstić information content (AvgIpc) is 3.81. The standard InChI is InChI=1S/C48H47F3N3O2P2/c1-5-58(4,43-25-30(2)11-21-40(43)55-35-17-14-33(49)15-18-35)37-19-12-31(13-20-37)29-53-47(54-46(52-3)32-9-7-6-8-10-32)48-24-23-36(28-48)57-41-26-34(50)16-22-39(41)56-45-42(57)27-38(51)44(45)48/h6-12,14-18,21-27,36-37,42,44-45H,3,5,13,19-20,28-29H2,1-2,4H3/q+1. The molecule has 2 heterocycles. The smallest absolute Gasteiger partial charge is 0.169 e. The summed E-state index contributed by atoms with van der Waals surface area (Å²) in [6, 6.07) is 27.0. The molecule has 5 nitrogen and oxygen atoms in total. The van der Waals surface area contributed by atoms with Gasteiger partial charge in [0.25, 0.3) is 0 Å². The van der Waals surface area contributed by atoms with Crippen LogP contribution in [0.1, 0.15) is 43.7 Å². The molecule has 296 valence electrons. The van der Waals surface area contributed by atoms with E-state index in [1.165, 1.54) is 34.6 Å². The molecule has 0 amide bonds. The number of allylic oxidation sites excluding steroid dienone is 2. The monoisotopic (exact) mass is 816 g/mol. The Morgan fingerprint density at radius 2 is 1.79 bits per heavy atom. The van der Waals surface area contributed by atoms with Gasteiger partial charge in [0.1, 0.15) is 46.2 Å². The zero-order valence-electron chi connectivity index (χ0n) is 33.0. The molecule has 0 N–H and O–H groups in total. The van der Waals surface area contributed by atoms with Crippen molar-refractivity contribution in [3.8, 4) is 17.2 Å².